The monoisotopic (exact) mass is 343 g/mol. The SMILES string of the molecule is CCCCC[C@H]1CC[C@H](CO[C@H]2CC[C@H](C=CC=CC#N)CC2)CC1. The summed E-state index contributed by atoms with van der Waals surface area (Å²) in [5.74, 6) is 2.48. The zero-order valence-corrected chi connectivity index (χ0v) is 16.2. The zero-order chi connectivity index (χ0) is 17.7. The second kappa shape index (κ2) is 12.3. The molecule has 140 valence electrons. The van der Waals surface area contributed by atoms with Gasteiger partial charge in [0.15, 0.2) is 0 Å². The van der Waals surface area contributed by atoms with Gasteiger partial charge in [0.25, 0.3) is 0 Å². The molecule has 0 unspecified atom stereocenters. The molecule has 2 heteroatoms. The highest BCUT2D eigenvalue weighted by Gasteiger charge is 2.24. The molecular formula is C23H37NO. The van der Waals surface area contributed by atoms with E-state index in [1.54, 1.807) is 0 Å². The quantitative estimate of drug-likeness (QED) is 0.269. The van der Waals surface area contributed by atoms with Gasteiger partial charge in [-0.2, -0.15) is 5.26 Å². The minimum Gasteiger partial charge on any atom is -0.378 e. The summed E-state index contributed by atoms with van der Waals surface area (Å²) in [7, 11) is 0. The van der Waals surface area contributed by atoms with Crippen LogP contribution in [0, 0.1) is 29.1 Å². The Bertz CT molecular complexity index is 431. The van der Waals surface area contributed by atoms with Crippen molar-refractivity contribution in [1.82, 2.24) is 0 Å². The summed E-state index contributed by atoms with van der Waals surface area (Å²) in [5.41, 5.74) is 0. The normalized spacial score (nSPS) is 30.7. The van der Waals surface area contributed by atoms with Crippen molar-refractivity contribution < 1.29 is 4.74 Å². The molecule has 0 N–H and O–H groups in total. The molecule has 2 aliphatic carbocycles. The molecule has 0 heterocycles. The van der Waals surface area contributed by atoms with E-state index in [1.807, 2.05) is 18.2 Å². The van der Waals surface area contributed by atoms with Crippen LogP contribution in [0.5, 0.6) is 0 Å². The van der Waals surface area contributed by atoms with Gasteiger partial charge in [0, 0.05) is 12.7 Å². The zero-order valence-electron chi connectivity index (χ0n) is 16.2. The largest absolute Gasteiger partial charge is 0.378 e. The second-order valence-electron chi connectivity index (χ2n) is 8.13. The Hall–Kier alpha value is -1.07. The molecule has 0 radical (unpaired) electrons. The molecule has 0 amide bonds. The first kappa shape index (κ1) is 20.2. The number of rotatable bonds is 9. The Balaban J connectivity index is 1.54. The Labute approximate surface area is 155 Å². The highest BCUT2D eigenvalue weighted by atomic mass is 16.5. The summed E-state index contributed by atoms with van der Waals surface area (Å²) in [6, 6.07) is 2.02. The molecule has 2 nitrogen and oxygen atoms in total. The van der Waals surface area contributed by atoms with E-state index in [2.05, 4.69) is 13.0 Å². The van der Waals surface area contributed by atoms with Crippen LogP contribution in [0.2, 0.25) is 0 Å². The van der Waals surface area contributed by atoms with Gasteiger partial charge in [0.1, 0.15) is 0 Å². The summed E-state index contributed by atoms with van der Waals surface area (Å²) < 4.78 is 6.27. The number of nitriles is 1. The van der Waals surface area contributed by atoms with Crippen molar-refractivity contribution >= 4 is 0 Å². The van der Waals surface area contributed by atoms with Crippen LogP contribution in [0.4, 0.5) is 0 Å². The molecule has 2 fully saturated rings. The molecule has 0 spiro atoms. The summed E-state index contributed by atoms with van der Waals surface area (Å²) in [6.07, 6.45) is 24.3. The van der Waals surface area contributed by atoms with Crippen LogP contribution in [0.1, 0.15) is 84.0 Å². The van der Waals surface area contributed by atoms with E-state index < -0.39 is 0 Å². The van der Waals surface area contributed by atoms with E-state index in [1.165, 1.54) is 83.1 Å². The molecule has 0 aromatic rings. The van der Waals surface area contributed by atoms with E-state index in [4.69, 9.17) is 10.00 Å². The Morgan fingerprint density at radius 3 is 2.32 bits per heavy atom. The fraction of sp³-hybridized carbons (Fsp3) is 0.783. The third-order valence-electron chi connectivity index (χ3n) is 6.13. The maximum Gasteiger partial charge on any atom is 0.0912 e. The van der Waals surface area contributed by atoms with Crippen molar-refractivity contribution in [2.45, 2.75) is 90.1 Å². The standard InChI is InChI=1S/C23H37NO/c1-2-3-5-8-20-10-12-22(13-11-20)19-25-23-16-14-21(15-17-23)9-6-4-7-18-24/h4,6-7,9,20-23H,2-3,5,8,10-17,19H2,1H3/t20-,21-,22-,23-. The Morgan fingerprint density at radius 1 is 0.920 bits per heavy atom. The van der Waals surface area contributed by atoms with Crippen LogP contribution in [0.3, 0.4) is 0 Å². The molecule has 2 saturated carbocycles. The van der Waals surface area contributed by atoms with Gasteiger partial charge >= 0.3 is 0 Å². The number of ether oxygens (including phenoxy) is 1. The van der Waals surface area contributed by atoms with Gasteiger partial charge in [0.2, 0.25) is 0 Å². The maximum absolute atomic E-state index is 8.48. The van der Waals surface area contributed by atoms with Gasteiger partial charge in [0.05, 0.1) is 12.2 Å². The topological polar surface area (TPSA) is 33.0 Å². The lowest BCUT2D eigenvalue weighted by Crippen LogP contribution is -2.25. The van der Waals surface area contributed by atoms with Crippen molar-refractivity contribution in [2.75, 3.05) is 6.61 Å². The summed E-state index contributed by atoms with van der Waals surface area (Å²) in [6.45, 7) is 3.29. The summed E-state index contributed by atoms with van der Waals surface area (Å²) in [4.78, 5) is 0. The minimum absolute atomic E-state index is 0.488. The van der Waals surface area contributed by atoms with Gasteiger partial charge in [-0.1, -0.05) is 63.7 Å². The summed E-state index contributed by atoms with van der Waals surface area (Å²) >= 11 is 0. The van der Waals surface area contributed by atoms with Crippen LogP contribution >= 0.6 is 0 Å². The van der Waals surface area contributed by atoms with Crippen LogP contribution in [-0.2, 0) is 4.74 Å². The lowest BCUT2D eigenvalue weighted by Gasteiger charge is -2.31. The highest BCUT2D eigenvalue weighted by molar-refractivity contribution is 5.12. The average molecular weight is 344 g/mol. The first-order chi connectivity index (χ1) is 12.3. The van der Waals surface area contributed by atoms with Crippen molar-refractivity contribution in [3.05, 3.63) is 24.3 Å². The molecule has 0 atom stereocenters. The number of nitrogens with zero attached hydrogens (tertiary/aromatic N) is 1. The van der Waals surface area contributed by atoms with Gasteiger partial charge < -0.3 is 4.74 Å². The van der Waals surface area contributed by atoms with Gasteiger partial charge in [-0.05, 0) is 56.3 Å². The van der Waals surface area contributed by atoms with E-state index in [9.17, 15) is 0 Å². The Kier molecular flexibility index (Phi) is 9.97. The average Bonchev–Trinajstić information content (AvgIpc) is 2.66. The molecule has 0 saturated heterocycles. The van der Waals surface area contributed by atoms with Gasteiger partial charge in [-0.25, -0.2) is 0 Å². The van der Waals surface area contributed by atoms with Crippen molar-refractivity contribution in [2.24, 2.45) is 17.8 Å². The first-order valence-electron chi connectivity index (χ1n) is 10.7. The summed E-state index contributed by atoms with van der Waals surface area (Å²) in [5, 5.41) is 8.48. The Morgan fingerprint density at radius 2 is 1.64 bits per heavy atom. The smallest absolute Gasteiger partial charge is 0.0912 e. The van der Waals surface area contributed by atoms with Crippen molar-refractivity contribution in [1.29, 1.82) is 5.26 Å². The molecule has 0 aromatic carbocycles. The van der Waals surface area contributed by atoms with Crippen molar-refractivity contribution in [3.63, 3.8) is 0 Å². The molecule has 25 heavy (non-hydrogen) atoms. The lowest BCUT2D eigenvalue weighted by atomic mass is 9.80. The minimum atomic E-state index is 0.488. The third-order valence-corrected chi connectivity index (χ3v) is 6.13. The van der Waals surface area contributed by atoms with Crippen molar-refractivity contribution in [3.8, 4) is 6.07 Å². The number of hydrogen-bond acceptors (Lipinski definition) is 2. The fourth-order valence-electron chi connectivity index (χ4n) is 4.41. The van der Waals surface area contributed by atoms with E-state index in [0.717, 1.165) is 18.4 Å². The molecular weight excluding hydrogens is 306 g/mol. The predicted molar refractivity (Wildman–Crippen MR) is 105 cm³/mol. The number of hydrogen-bond donors (Lipinski definition) is 0. The van der Waals surface area contributed by atoms with Crippen LogP contribution in [-0.4, -0.2) is 12.7 Å². The number of unbranched alkanes of at least 4 members (excludes halogenated alkanes) is 2. The van der Waals surface area contributed by atoms with Crippen LogP contribution < -0.4 is 0 Å². The molecule has 2 aliphatic rings. The van der Waals surface area contributed by atoms with Gasteiger partial charge in [-0.15, -0.1) is 0 Å². The molecule has 0 aliphatic heterocycles. The molecule has 2 rings (SSSR count). The van der Waals surface area contributed by atoms with Gasteiger partial charge in [-0.3, -0.25) is 0 Å². The first-order valence-corrected chi connectivity index (χ1v) is 10.7. The van der Waals surface area contributed by atoms with Crippen LogP contribution in [0.15, 0.2) is 24.3 Å². The second-order valence-corrected chi connectivity index (χ2v) is 8.13. The maximum atomic E-state index is 8.48. The van der Waals surface area contributed by atoms with Crippen LogP contribution in [0.25, 0.3) is 0 Å². The predicted octanol–water partition coefficient (Wildman–Crippen LogP) is 6.58. The van der Waals surface area contributed by atoms with E-state index in [0.29, 0.717) is 12.0 Å². The molecule has 0 bridgehead atoms. The lowest BCUT2D eigenvalue weighted by molar-refractivity contribution is -0.00663. The highest BCUT2D eigenvalue weighted by Crippen LogP contribution is 2.33. The molecule has 0 aromatic heterocycles. The third kappa shape index (κ3) is 8.23. The number of allylic oxidation sites excluding steroid dienone is 4. The van der Waals surface area contributed by atoms with E-state index in [-0.39, 0.29) is 0 Å². The fourth-order valence-corrected chi connectivity index (χ4v) is 4.41. The van der Waals surface area contributed by atoms with E-state index >= 15 is 0 Å².